The Morgan fingerprint density at radius 1 is 1.16 bits per heavy atom. The molecule has 8 heteroatoms. The smallest absolute Gasteiger partial charge is 0.290 e. The molecule has 0 saturated heterocycles. The van der Waals surface area contributed by atoms with Crippen LogP contribution in [0, 0.1) is 6.92 Å². The van der Waals surface area contributed by atoms with E-state index in [2.05, 4.69) is 10.1 Å². The number of rotatable bonds is 7. The lowest BCUT2D eigenvalue weighted by molar-refractivity contribution is 0.0683. The summed E-state index contributed by atoms with van der Waals surface area (Å²) in [6, 6.07) is 9.90. The van der Waals surface area contributed by atoms with Gasteiger partial charge in [0.15, 0.2) is 5.82 Å². The Labute approximate surface area is 182 Å². The van der Waals surface area contributed by atoms with Crippen molar-refractivity contribution in [3.63, 3.8) is 0 Å². The van der Waals surface area contributed by atoms with Crippen LogP contribution < -0.4 is 0 Å². The normalized spacial score (nSPS) is 13.4. The van der Waals surface area contributed by atoms with Crippen molar-refractivity contribution >= 4 is 11.8 Å². The molecule has 0 bridgehead atoms. The maximum absolute atomic E-state index is 13.2. The van der Waals surface area contributed by atoms with E-state index in [1.807, 2.05) is 62.0 Å². The van der Waals surface area contributed by atoms with Crippen molar-refractivity contribution in [1.82, 2.24) is 29.1 Å². The molecule has 0 saturated carbocycles. The lowest BCUT2D eigenvalue weighted by Gasteiger charge is -2.27. The fourth-order valence-corrected chi connectivity index (χ4v) is 3.94. The lowest BCUT2D eigenvalue weighted by atomic mass is 10.2. The van der Waals surface area contributed by atoms with Gasteiger partial charge in [-0.3, -0.25) is 14.3 Å². The van der Waals surface area contributed by atoms with Crippen molar-refractivity contribution < 1.29 is 9.59 Å². The number of aryl methyl sites for hydroxylation is 1. The highest BCUT2D eigenvalue weighted by atomic mass is 16.2. The topological polar surface area (TPSA) is 76.3 Å². The van der Waals surface area contributed by atoms with Crippen molar-refractivity contribution in [1.29, 1.82) is 0 Å². The fourth-order valence-electron chi connectivity index (χ4n) is 3.94. The van der Waals surface area contributed by atoms with Gasteiger partial charge in [-0.15, -0.1) is 0 Å². The molecule has 2 amide bonds. The van der Waals surface area contributed by atoms with E-state index in [1.165, 1.54) is 0 Å². The molecular weight excluding hydrogens is 392 g/mol. The van der Waals surface area contributed by atoms with Crippen LogP contribution in [0.15, 0.2) is 42.7 Å². The van der Waals surface area contributed by atoms with Gasteiger partial charge in [0.25, 0.3) is 11.8 Å². The van der Waals surface area contributed by atoms with Gasteiger partial charge in [0.1, 0.15) is 5.69 Å². The number of imidazole rings is 1. The second-order valence-corrected chi connectivity index (χ2v) is 7.75. The van der Waals surface area contributed by atoms with Crippen molar-refractivity contribution in [2.75, 3.05) is 13.1 Å². The Hall–Kier alpha value is -3.42. The van der Waals surface area contributed by atoms with Crippen LogP contribution in [0.5, 0.6) is 0 Å². The summed E-state index contributed by atoms with van der Waals surface area (Å²) in [5.41, 5.74) is 3.47. The van der Waals surface area contributed by atoms with E-state index in [1.54, 1.807) is 20.6 Å². The molecule has 0 atom stereocenters. The zero-order valence-electron chi connectivity index (χ0n) is 18.3. The fraction of sp³-hybridized carbons (Fsp3) is 0.391. The zero-order chi connectivity index (χ0) is 22.0. The number of carbonyl (C=O) groups excluding carboxylic acids is 2. The van der Waals surface area contributed by atoms with Crippen molar-refractivity contribution in [2.24, 2.45) is 0 Å². The molecule has 1 aliphatic heterocycles. The highest BCUT2D eigenvalue weighted by molar-refractivity contribution is 5.96. The summed E-state index contributed by atoms with van der Waals surface area (Å²) in [7, 11) is 0. The number of hydrogen-bond acceptors (Lipinski definition) is 4. The predicted octanol–water partition coefficient (Wildman–Crippen LogP) is 2.73. The largest absolute Gasteiger partial charge is 0.333 e. The summed E-state index contributed by atoms with van der Waals surface area (Å²) in [4.78, 5) is 34.1. The van der Waals surface area contributed by atoms with Gasteiger partial charge in [0.2, 0.25) is 0 Å². The SMILES string of the molecule is CCN(Cc1cnn(CC)c1C)C(=O)c1cn2c(n1)C(=O)N(Cc1ccccc1)CC2. The molecule has 0 fully saturated rings. The first kappa shape index (κ1) is 20.8. The van der Waals surface area contributed by atoms with Gasteiger partial charge in [-0.25, -0.2) is 4.98 Å². The van der Waals surface area contributed by atoms with Crippen LogP contribution in [0.4, 0.5) is 0 Å². The quantitative estimate of drug-likeness (QED) is 0.589. The number of hydrogen-bond donors (Lipinski definition) is 0. The number of amides is 2. The van der Waals surface area contributed by atoms with Gasteiger partial charge in [-0.05, 0) is 26.3 Å². The van der Waals surface area contributed by atoms with E-state index < -0.39 is 0 Å². The number of aromatic nitrogens is 4. The van der Waals surface area contributed by atoms with E-state index in [9.17, 15) is 9.59 Å². The van der Waals surface area contributed by atoms with Crippen molar-refractivity contribution in [2.45, 2.75) is 47.0 Å². The van der Waals surface area contributed by atoms with Gasteiger partial charge in [-0.1, -0.05) is 30.3 Å². The summed E-state index contributed by atoms with van der Waals surface area (Å²) in [5, 5.41) is 4.37. The van der Waals surface area contributed by atoms with Crippen molar-refractivity contribution in [3.05, 3.63) is 71.1 Å². The number of nitrogens with zero attached hydrogens (tertiary/aromatic N) is 6. The second kappa shape index (κ2) is 8.75. The average Bonchev–Trinajstić information content (AvgIpc) is 3.38. The van der Waals surface area contributed by atoms with E-state index >= 15 is 0 Å². The van der Waals surface area contributed by atoms with Gasteiger partial charge in [-0.2, -0.15) is 5.10 Å². The third kappa shape index (κ3) is 4.10. The van der Waals surface area contributed by atoms with Crippen molar-refractivity contribution in [3.8, 4) is 0 Å². The minimum atomic E-state index is -0.171. The van der Waals surface area contributed by atoms with E-state index in [-0.39, 0.29) is 11.8 Å². The Kier molecular flexibility index (Phi) is 5.88. The highest BCUT2D eigenvalue weighted by Crippen LogP contribution is 2.18. The first-order chi connectivity index (χ1) is 15.0. The summed E-state index contributed by atoms with van der Waals surface area (Å²) in [6.07, 6.45) is 3.53. The molecule has 1 aromatic carbocycles. The monoisotopic (exact) mass is 420 g/mol. The summed E-state index contributed by atoms with van der Waals surface area (Å²) in [6.45, 7) is 9.57. The van der Waals surface area contributed by atoms with Gasteiger partial charge in [0, 0.05) is 56.7 Å². The number of benzene rings is 1. The molecule has 0 aliphatic carbocycles. The van der Waals surface area contributed by atoms with Crippen LogP contribution in [0.2, 0.25) is 0 Å². The predicted molar refractivity (Wildman–Crippen MR) is 116 cm³/mol. The summed E-state index contributed by atoms with van der Waals surface area (Å²) in [5.74, 6) is 0.0179. The molecular formula is C23H28N6O2. The Morgan fingerprint density at radius 3 is 2.61 bits per heavy atom. The number of fused-ring (bicyclic) bond motifs is 1. The molecule has 0 N–H and O–H groups in total. The van der Waals surface area contributed by atoms with E-state index in [0.29, 0.717) is 44.2 Å². The van der Waals surface area contributed by atoms with E-state index in [0.717, 1.165) is 23.4 Å². The third-order valence-electron chi connectivity index (χ3n) is 5.84. The Balaban J connectivity index is 1.50. The average molecular weight is 421 g/mol. The molecule has 0 radical (unpaired) electrons. The Bertz CT molecular complexity index is 1080. The molecule has 0 unspecified atom stereocenters. The standard InChI is InChI=1S/C23H28N6O2/c1-4-26(15-19-13-24-29(5-2)17(19)3)22(30)20-16-27-11-12-28(23(31)21(27)25-20)14-18-9-7-6-8-10-18/h6-10,13,16H,4-5,11-12,14-15H2,1-3H3. The molecule has 8 nitrogen and oxygen atoms in total. The summed E-state index contributed by atoms with van der Waals surface area (Å²) < 4.78 is 3.72. The molecule has 1 aliphatic rings. The molecule has 0 spiro atoms. The molecule has 31 heavy (non-hydrogen) atoms. The van der Waals surface area contributed by atoms with Crippen LogP contribution in [-0.2, 0) is 26.2 Å². The first-order valence-electron chi connectivity index (χ1n) is 10.7. The van der Waals surface area contributed by atoms with Crippen LogP contribution in [0.3, 0.4) is 0 Å². The van der Waals surface area contributed by atoms with Crippen LogP contribution in [0.25, 0.3) is 0 Å². The minimum Gasteiger partial charge on any atom is -0.333 e. The zero-order valence-corrected chi connectivity index (χ0v) is 18.3. The van der Waals surface area contributed by atoms with Crippen LogP contribution in [-0.4, -0.2) is 54.0 Å². The minimum absolute atomic E-state index is 0.141. The second-order valence-electron chi connectivity index (χ2n) is 7.75. The summed E-state index contributed by atoms with van der Waals surface area (Å²) >= 11 is 0. The van der Waals surface area contributed by atoms with E-state index in [4.69, 9.17) is 0 Å². The highest BCUT2D eigenvalue weighted by Gasteiger charge is 2.29. The van der Waals surface area contributed by atoms with Gasteiger partial charge in [0.05, 0.1) is 6.20 Å². The first-order valence-corrected chi connectivity index (χ1v) is 10.7. The van der Waals surface area contributed by atoms with Gasteiger partial charge < -0.3 is 14.4 Å². The molecule has 3 aromatic rings. The van der Waals surface area contributed by atoms with Crippen LogP contribution in [0.1, 0.15) is 51.8 Å². The third-order valence-corrected chi connectivity index (χ3v) is 5.84. The molecule has 2 aromatic heterocycles. The molecule has 162 valence electrons. The number of carbonyl (C=O) groups is 2. The lowest BCUT2D eigenvalue weighted by Crippen LogP contribution is -2.39. The molecule has 3 heterocycles. The maximum atomic E-state index is 13.2. The Morgan fingerprint density at radius 2 is 1.94 bits per heavy atom. The maximum Gasteiger partial charge on any atom is 0.290 e. The van der Waals surface area contributed by atoms with Crippen LogP contribution >= 0.6 is 0 Å². The van der Waals surface area contributed by atoms with Gasteiger partial charge >= 0.3 is 0 Å². The molecule has 4 rings (SSSR count).